The SMILES string of the molecule is CCCC(C)Nc1nc(NC)ccc1[N+](=O)[O-]. The monoisotopic (exact) mass is 238 g/mol. The Bertz CT molecular complexity index is 395. The van der Waals surface area contributed by atoms with E-state index in [0.717, 1.165) is 12.8 Å². The molecule has 17 heavy (non-hydrogen) atoms. The lowest BCUT2D eigenvalue weighted by molar-refractivity contribution is -0.384. The van der Waals surface area contributed by atoms with Crippen LogP contribution in [0.4, 0.5) is 17.3 Å². The van der Waals surface area contributed by atoms with Crippen LogP contribution in [0.3, 0.4) is 0 Å². The molecule has 94 valence electrons. The van der Waals surface area contributed by atoms with Crippen molar-refractivity contribution in [3.63, 3.8) is 0 Å². The molecule has 0 aliphatic carbocycles. The van der Waals surface area contributed by atoms with Crippen molar-refractivity contribution >= 4 is 17.3 Å². The van der Waals surface area contributed by atoms with Gasteiger partial charge < -0.3 is 10.6 Å². The Kier molecular flexibility index (Phi) is 4.68. The Morgan fingerprint density at radius 3 is 2.76 bits per heavy atom. The molecule has 6 nitrogen and oxygen atoms in total. The summed E-state index contributed by atoms with van der Waals surface area (Å²) in [7, 11) is 1.73. The van der Waals surface area contributed by atoms with Gasteiger partial charge in [0.05, 0.1) is 4.92 Å². The second kappa shape index (κ2) is 6.03. The average molecular weight is 238 g/mol. The molecule has 0 fully saturated rings. The third-order valence-corrected chi connectivity index (χ3v) is 2.43. The van der Waals surface area contributed by atoms with Gasteiger partial charge in [0.1, 0.15) is 5.82 Å². The minimum absolute atomic E-state index is 0.00644. The first kappa shape index (κ1) is 13.2. The first-order valence-electron chi connectivity index (χ1n) is 5.68. The summed E-state index contributed by atoms with van der Waals surface area (Å²) in [5.74, 6) is 0.935. The molecular formula is C11H18N4O2. The van der Waals surface area contributed by atoms with E-state index in [2.05, 4.69) is 22.5 Å². The first-order chi connectivity index (χ1) is 8.08. The van der Waals surface area contributed by atoms with Gasteiger partial charge in [0.25, 0.3) is 0 Å². The number of hydrogen-bond donors (Lipinski definition) is 2. The highest BCUT2D eigenvalue weighted by Crippen LogP contribution is 2.24. The Balaban J connectivity index is 2.96. The molecule has 1 aromatic heterocycles. The van der Waals surface area contributed by atoms with E-state index in [1.807, 2.05) is 6.92 Å². The van der Waals surface area contributed by atoms with E-state index < -0.39 is 4.92 Å². The molecule has 0 radical (unpaired) electrons. The topological polar surface area (TPSA) is 80.1 Å². The highest BCUT2D eigenvalue weighted by Gasteiger charge is 2.17. The number of anilines is 2. The first-order valence-corrected chi connectivity index (χ1v) is 5.68. The van der Waals surface area contributed by atoms with Crippen LogP contribution in [0.25, 0.3) is 0 Å². The molecule has 0 saturated carbocycles. The average Bonchev–Trinajstić information content (AvgIpc) is 2.28. The largest absolute Gasteiger partial charge is 0.373 e. The Labute approximate surface area is 101 Å². The van der Waals surface area contributed by atoms with Gasteiger partial charge in [-0.05, 0) is 19.4 Å². The smallest absolute Gasteiger partial charge is 0.311 e. The minimum Gasteiger partial charge on any atom is -0.373 e. The number of nitro groups is 1. The fourth-order valence-corrected chi connectivity index (χ4v) is 1.58. The molecule has 0 aliphatic heterocycles. The predicted molar refractivity (Wildman–Crippen MR) is 68.4 cm³/mol. The van der Waals surface area contributed by atoms with Gasteiger partial charge in [-0.15, -0.1) is 0 Å². The lowest BCUT2D eigenvalue weighted by Gasteiger charge is -2.14. The predicted octanol–water partition coefficient (Wildman–Crippen LogP) is 2.63. The van der Waals surface area contributed by atoms with Crippen molar-refractivity contribution < 1.29 is 4.92 Å². The standard InChI is InChI=1S/C11H18N4O2/c1-4-5-8(2)13-11-9(15(16)17)6-7-10(12-3)14-11/h6-8H,4-5H2,1-3H3,(H2,12,13,14). The summed E-state index contributed by atoms with van der Waals surface area (Å²) in [6, 6.07) is 3.21. The lowest BCUT2D eigenvalue weighted by atomic mass is 10.2. The van der Waals surface area contributed by atoms with Crippen LogP contribution in [0.15, 0.2) is 12.1 Å². The summed E-state index contributed by atoms with van der Waals surface area (Å²) in [6.45, 7) is 4.06. The van der Waals surface area contributed by atoms with Crippen LogP contribution in [0, 0.1) is 10.1 Å². The maximum atomic E-state index is 10.9. The van der Waals surface area contributed by atoms with Gasteiger partial charge in [-0.1, -0.05) is 13.3 Å². The molecule has 0 saturated heterocycles. The van der Waals surface area contributed by atoms with E-state index in [4.69, 9.17) is 0 Å². The number of pyridine rings is 1. The number of hydrogen-bond acceptors (Lipinski definition) is 5. The fourth-order valence-electron chi connectivity index (χ4n) is 1.58. The van der Waals surface area contributed by atoms with Crippen molar-refractivity contribution in [2.75, 3.05) is 17.7 Å². The van der Waals surface area contributed by atoms with Gasteiger partial charge in [-0.2, -0.15) is 0 Å². The number of rotatable bonds is 6. The van der Waals surface area contributed by atoms with Crippen LogP contribution in [-0.2, 0) is 0 Å². The summed E-state index contributed by atoms with van der Waals surface area (Å²) >= 11 is 0. The van der Waals surface area contributed by atoms with Crippen LogP contribution in [-0.4, -0.2) is 23.0 Å². The molecule has 0 amide bonds. The number of nitrogens with zero attached hydrogens (tertiary/aromatic N) is 2. The van der Waals surface area contributed by atoms with E-state index in [-0.39, 0.29) is 11.7 Å². The van der Waals surface area contributed by atoms with Gasteiger partial charge >= 0.3 is 5.69 Å². The Morgan fingerprint density at radius 2 is 2.24 bits per heavy atom. The normalized spacial score (nSPS) is 11.9. The molecular weight excluding hydrogens is 220 g/mol. The van der Waals surface area contributed by atoms with Gasteiger partial charge in [0.15, 0.2) is 0 Å². The molecule has 1 aromatic rings. The van der Waals surface area contributed by atoms with Crippen molar-refractivity contribution in [2.24, 2.45) is 0 Å². The van der Waals surface area contributed by atoms with Crippen molar-refractivity contribution in [1.82, 2.24) is 4.98 Å². The molecule has 0 aromatic carbocycles. The third kappa shape index (κ3) is 3.58. The van der Waals surface area contributed by atoms with Crippen molar-refractivity contribution in [3.05, 3.63) is 22.2 Å². The molecule has 0 bridgehead atoms. The van der Waals surface area contributed by atoms with Crippen LogP contribution in [0.2, 0.25) is 0 Å². The van der Waals surface area contributed by atoms with Gasteiger partial charge in [-0.25, -0.2) is 4.98 Å². The van der Waals surface area contributed by atoms with E-state index in [1.165, 1.54) is 6.07 Å². The second-order valence-corrected chi connectivity index (χ2v) is 3.91. The summed E-state index contributed by atoms with van der Waals surface area (Å²) < 4.78 is 0. The Morgan fingerprint density at radius 1 is 1.53 bits per heavy atom. The quantitative estimate of drug-likeness (QED) is 0.588. The molecule has 2 N–H and O–H groups in total. The van der Waals surface area contributed by atoms with E-state index in [9.17, 15) is 10.1 Å². The molecule has 1 rings (SSSR count). The molecule has 1 heterocycles. The molecule has 0 spiro atoms. The third-order valence-electron chi connectivity index (χ3n) is 2.43. The fraction of sp³-hybridized carbons (Fsp3) is 0.545. The molecule has 0 aliphatic rings. The van der Waals surface area contributed by atoms with Gasteiger partial charge in [0, 0.05) is 19.2 Å². The summed E-state index contributed by atoms with van der Waals surface area (Å²) in [5.41, 5.74) is 0.00644. The second-order valence-electron chi connectivity index (χ2n) is 3.91. The lowest BCUT2D eigenvalue weighted by Crippen LogP contribution is -2.17. The van der Waals surface area contributed by atoms with Crippen molar-refractivity contribution in [1.29, 1.82) is 0 Å². The van der Waals surface area contributed by atoms with Crippen LogP contribution in [0.1, 0.15) is 26.7 Å². The molecule has 1 unspecified atom stereocenters. The zero-order valence-corrected chi connectivity index (χ0v) is 10.4. The van der Waals surface area contributed by atoms with Crippen LogP contribution < -0.4 is 10.6 Å². The van der Waals surface area contributed by atoms with E-state index in [0.29, 0.717) is 11.6 Å². The highest BCUT2D eigenvalue weighted by atomic mass is 16.6. The maximum Gasteiger partial charge on any atom is 0.311 e. The van der Waals surface area contributed by atoms with Crippen molar-refractivity contribution in [2.45, 2.75) is 32.7 Å². The summed E-state index contributed by atoms with van der Waals surface area (Å²) in [5, 5.41) is 16.8. The van der Waals surface area contributed by atoms with Crippen molar-refractivity contribution in [3.8, 4) is 0 Å². The maximum absolute atomic E-state index is 10.9. The van der Waals surface area contributed by atoms with Crippen LogP contribution in [0.5, 0.6) is 0 Å². The highest BCUT2D eigenvalue weighted by molar-refractivity contribution is 5.60. The summed E-state index contributed by atoms with van der Waals surface area (Å²) in [6.07, 6.45) is 1.97. The van der Waals surface area contributed by atoms with Gasteiger partial charge in [0.2, 0.25) is 5.82 Å². The zero-order chi connectivity index (χ0) is 12.8. The summed E-state index contributed by atoms with van der Waals surface area (Å²) in [4.78, 5) is 14.6. The molecule has 6 heteroatoms. The minimum atomic E-state index is -0.423. The van der Waals surface area contributed by atoms with Crippen LogP contribution >= 0.6 is 0 Å². The molecule has 1 atom stereocenters. The van der Waals surface area contributed by atoms with Gasteiger partial charge in [-0.3, -0.25) is 10.1 Å². The number of aromatic nitrogens is 1. The van der Waals surface area contributed by atoms with E-state index in [1.54, 1.807) is 13.1 Å². The Hall–Kier alpha value is -1.85. The van der Waals surface area contributed by atoms with E-state index >= 15 is 0 Å². The number of nitrogens with one attached hydrogen (secondary N) is 2. The zero-order valence-electron chi connectivity index (χ0n) is 10.4.